The summed E-state index contributed by atoms with van der Waals surface area (Å²) in [6, 6.07) is 29.1. The lowest BCUT2D eigenvalue weighted by Crippen LogP contribution is -2.63. The molecule has 3 aliphatic rings. The van der Waals surface area contributed by atoms with Gasteiger partial charge in [-0.1, -0.05) is 91.0 Å². The number of benzene rings is 3. The number of fused-ring (bicyclic) bond motifs is 1. The predicted octanol–water partition coefficient (Wildman–Crippen LogP) is 4.25. The molecule has 53 heavy (non-hydrogen) atoms. The van der Waals surface area contributed by atoms with Gasteiger partial charge in [0.05, 0.1) is 26.4 Å². The molecule has 10 atom stereocenters. The quantitative estimate of drug-likeness (QED) is 0.152. The number of carbonyl (C=O) groups excluding carboxylic acids is 3. The fourth-order valence-corrected chi connectivity index (χ4v) is 6.45. The Kier molecular flexibility index (Phi) is 13.4. The molecule has 0 amide bonds. The molecule has 14 heteroatoms. The van der Waals surface area contributed by atoms with E-state index in [1.807, 2.05) is 91.0 Å². The van der Waals surface area contributed by atoms with Crippen LogP contribution < -0.4 is 0 Å². The first-order valence-corrected chi connectivity index (χ1v) is 17.4. The van der Waals surface area contributed by atoms with E-state index < -0.39 is 79.5 Å². The van der Waals surface area contributed by atoms with Gasteiger partial charge in [-0.3, -0.25) is 9.59 Å². The van der Waals surface area contributed by atoms with Crippen LogP contribution >= 0.6 is 0 Å². The molecule has 0 aromatic heterocycles. The molecule has 284 valence electrons. The van der Waals surface area contributed by atoms with Crippen molar-refractivity contribution in [2.24, 2.45) is 0 Å². The van der Waals surface area contributed by atoms with Crippen LogP contribution in [0.3, 0.4) is 0 Å². The highest BCUT2D eigenvalue weighted by Crippen LogP contribution is 2.36. The number of methoxy groups -OCH3 is 1. The molecule has 14 nitrogen and oxygen atoms in total. The Morgan fingerprint density at radius 1 is 0.566 bits per heavy atom. The largest absolute Gasteiger partial charge is 0.509 e. The molecule has 0 unspecified atom stereocenters. The summed E-state index contributed by atoms with van der Waals surface area (Å²) in [6.45, 7) is 2.67. The van der Waals surface area contributed by atoms with E-state index in [0.29, 0.717) is 0 Å². The first-order valence-electron chi connectivity index (χ1n) is 17.4. The Bertz CT molecular complexity index is 1610. The lowest BCUT2D eigenvalue weighted by atomic mass is 9.97. The van der Waals surface area contributed by atoms with Crippen molar-refractivity contribution in [1.82, 2.24) is 0 Å². The van der Waals surface area contributed by atoms with E-state index in [1.54, 1.807) is 0 Å². The number of hydrogen-bond acceptors (Lipinski definition) is 14. The van der Waals surface area contributed by atoms with Crippen molar-refractivity contribution in [2.45, 2.75) is 95.1 Å². The average molecular weight is 737 g/mol. The number of esters is 2. The third-order valence-electron chi connectivity index (χ3n) is 8.91. The van der Waals surface area contributed by atoms with Crippen molar-refractivity contribution >= 4 is 18.1 Å². The van der Waals surface area contributed by atoms with Crippen molar-refractivity contribution < 1.29 is 66.5 Å². The fraction of sp³-hybridized carbons (Fsp3) is 0.462. The zero-order chi connectivity index (χ0) is 37.2. The average Bonchev–Trinajstić information content (AvgIpc) is 3.57. The lowest BCUT2D eigenvalue weighted by Gasteiger charge is -2.46. The maximum absolute atomic E-state index is 12.4. The van der Waals surface area contributed by atoms with Gasteiger partial charge in [-0.25, -0.2) is 4.79 Å². The third kappa shape index (κ3) is 10.2. The lowest BCUT2D eigenvalue weighted by molar-refractivity contribution is -0.336. The molecule has 3 aromatic carbocycles. The highest BCUT2D eigenvalue weighted by molar-refractivity contribution is 5.67. The molecule has 6 rings (SSSR count). The van der Waals surface area contributed by atoms with Crippen LogP contribution in [0.4, 0.5) is 4.79 Å². The highest BCUT2D eigenvalue weighted by atomic mass is 16.8. The van der Waals surface area contributed by atoms with Crippen molar-refractivity contribution in [3.05, 3.63) is 108 Å². The smallest absolute Gasteiger partial charge is 0.463 e. The molecule has 3 fully saturated rings. The molecule has 3 saturated heterocycles. The summed E-state index contributed by atoms with van der Waals surface area (Å²) < 4.78 is 66.0. The van der Waals surface area contributed by atoms with Gasteiger partial charge in [0.1, 0.15) is 37.1 Å². The molecule has 0 spiro atoms. The zero-order valence-electron chi connectivity index (χ0n) is 29.7. The van der Waals surface area contributed by atoms with E-state index in [9.17, 15) is 14.4 Å². The number of ether oxygens (including phenoxy) is 11. The first-order chi connectivity index (χ1) is 25.8. The van der Waals surface area contributed by atoms with Crippen LogP contribution in [0, 0.1) is 0 Å². The number of rotatable bonds is 16. The molecule has 3 aromatic rings. The standard InChI is InChI=1S/C39H44O14/c1-24(40)44-22-30-32(49-25(2)41)34-36(53-39(42)52-34)38(51-30)48-23-29-31(45-19-26-13-7-4-8-14-26)33(46-20-27-15-9-5-10-16-27)35(37(43-3)50-29)47-21-28-17-11-6-12-18-28/h4-18,29-38H,19-23H2,1-3H3/t29-,30-,31-,32-,33+,34+,35-,36-,37-,38+/m1/s1. The van der Waals surface area contributed by atoms with Crippen LogP contribution in [-0.2, 0) is 81.5 Å². The highest BCUT2D eigenvalue weighted by Gasteiger charge is 2.57. The molecule has 0 bridgehead atoms. The minimum Gasteiger partial charge on any atom is -0.463 e. The minimum atomic E-state index is -1.24. The minimum absolute atomic E-state index is 0.167. The van der Waals surface area contributed by atoms with Crippen molar-refractivity contribution in [3.63, 3.8) is 0 Å². The summed E-state index contributed by atoms with van der Waals surface area (Å²) in [5.41, 5.74) is 2.81. The monoisotopic (exact) mass is 736 g/mol. The van der Waals surface area contributed by atoms with E-state index in [0.717, 1.165) is 16.7 Å². The van der Waals surface area contributed by atoms with E-state index >= 15 is 0 Å². The van der Waals surface area contributed by atoms with Crippen molar-refractivity contribution in [2.75, 3.05) is 20.3 Å². The molecule has 0 saturated carbocycles. The molecule has 0 radical (unpaired) electrons. The topological polar surface area (TPSA) is 153 Å². The summed E-state index contributed by atoms with van der Waals surface area (Å²) in [5, 5.41) is 0. The second-order valence-corrected chi connectivity index (χ2v) is 12.7. The fourth-order valence-electron chi connectivity index (χ4n) is 6.45. The van der Waals surface area contributed by atoms with Gasteiger partial charge in [0, 0.05) is 21.0 Å². The van der Waals surface area contributed by atoms with Gasteiger partial charge in [0.15, 0.2) is 30.9 Å². The van der Waals surface area contributed by atoms with E-state index in [1.165, 1.54) is 21.0 Å². The van der Waals surface area contributed by atoms with Crippen LogP contribution in [-0.4, -0.2) is 99.8 Å². The van der Waals surface area contributed by atoms with Gasteiger partial charge in [-0.15, -0.1) is 0 Å². The van der Waals surface area contributed by atoms with Crippen LogP contribution in [0.15, 0.2) is 91.0 Å². The zero-order valence-corrected chi connectivity index (χ0v) is 29.7. The molecule has 0 aliphatic carbocycles. The summed E-state index contributed by atoms with van der Waals surface area (Å²) >= 11 is 0. The van der Waals surface area contributed by atoms with Gasteiger partial charge in [-0.2, -0.15) is 0 Å². The first kappa shape index (κ1) is 38.3. The van der Waals surface area contributed by atoms with Crippen LogP contribution in [0.5, 0.6) is 0 Å². The molecular weight excluding hydrogens is 692 g/mol. The summed E-state index contributed by atoms with van der Waals surface area (Å²) in [6.07, 6.45) is -10.6. The predicted molar refractivity (Wildman–Crippen MR) is 183 cm³/mol. The van der Waals surface area contributed by atoms with Gasteiger partial charge >= 0.3 is 18.1 Å². The van der Waals surface area contributed by atoms with Gasteiger partial charge in [0.2, 0.25) is 0 Å². The van der Waals surface area contributed by atoms with Gasteiger partial charge < -0.3 is 52.1 Å². The van der Waals surface area contributed by atoms with Crippen LogP contribution in [0.2, 0.25) is 0 Å². The number of carbonyl (C=O) groups is 3. The Morgan fingerprint density at radius 2 is 1.06 bits per heavy atom. The summed E-state index contributed by atoms with van der Waals surface area (Å²) in [7, 11) is 1.51. The summed E-state index contributed by atoms with van der Waals surface area (Å²) in [4.78, 5) is 36.1. The van der Waals surface area contributed by atoms with Gasteiger partial charge in [0.25, 0.3) is 0 Å². The Balaban J connectivity index is 1.27. The normalized spacial score (nSPS) is 29.4. The molecule has 0 N–H and O–H groups in total. The molecule has 3 heterocycles. The maximum atomic E-state index is 12.4. The molecular formula is C39H44O14. The Labute approximate surface area is 307 Å². The van der Waals surface area contributed by atoms with Crippen molar-refractivity contribution in [1.29, 1.82) is 0 Å². The van der Waals surface area contributed by atoms with E-state index in [4.69, 9.17) is 52.1 Å². The maximum Gasteiger partial charge on any atom is 0.509 e. The second kappa shape index (κ2) is 18.6. The van der Waals surface area contributed by atoms with Crippen molar-refractivity contribution in [3.8, 4) is 0 Å². The molecule has 3 aliphatic heterocycles. The van der Waals surface area contributed by atoms with Crippen LogP contribution in [0.1, 0.15) is 30.5 Å². The second-order valence-electron chi connectivity index (χ2n) is 12.7. The van der Waals surface area contributed by atoms with E-state index in [-0.39, 0.29) is 33.0 Å². The SMILES string of the molecule is CO[C@@H]1O[C@H](CO[C@H]2O[C@H](COC(C)=O)[C@@H](OC(C)=O)[C@@H]3OC(=O)O[C@@H]23)[C@@H](OCc2ccccc2)[C@H](OCc2ccccc2)[C@H]1OCc1ccccc1. The van der Waals surface area contributed by atoms with E-state index in [2.05, 4.69) is 0 Å². The third-order valence-corrected chi connectivity index (χ3v) is 8.91. The summed E-state index contributed by atoms with van der Waals surface area (Å²) in [5.74, 6) is -1.24. The van der Waals surface area contributed by atoms with Crippen LogP contribution in [0.25, 0.3) is 0 Å². The Hall–Kier alpha value is -4.41. The Morgan fingerprint density at radius 3 is 1.58 bits per heavy atom. The number of hydrogen-bond donors (Lipinski definition) is 0. The van der Waals surface area contributed by atoms with Gasteiger partial charge in [-0.05, 0) is 16.7 Å².